The molecule has 0 saturated carbocycles. The van der Waals surface area contributed by atoms with Crippen molar-refractivity contribution in [3.8, 4) is 0 Å². The zero-order valence-corrected chi connectivity index (χ0v) is 10.1. The van der Waals surface area contributed by atoms with Gasteiger partial charge in [-0.3, -0.25) is 0 Å². The number of nitrogens with zero attached hydrogens (tertiary/aromatic N) is 3. The molecule has 0 aromatic carbocycles. The summed E-state index contributed by atoms with van der Waals surface area (Å²) in [6, 6.07) is 0. The number of aromatic nitrogens is 3. The van der Waals surface area contributed by atoms with Crippen LogP contribution in [0.2, 0.25) is 0 Å². The quantitative estimate of drug-likeness (QED) is 0.726. The molecule has 3 heteroatoms. The average Bonchev–Trinajstić information content (AvgIpc) is 2.45. The third-order valence-corrected chi connectivity index (χ3v) is 2.32. The number of hydrogen-bond acceptors (Lipinski definition) is 2. The van der Waals surface area contributed by atoms with Gasteiger partial charge < -0.3 is 0 Å². The van der Waals surface area contributed by atoms with Crippen LogP contribution in [0.3, 0.4) is 0 Å². The molecule has 0 radical (unpaired) electrons. The second-order valence-corrected chi connectivity index (χ2v) is 5.04. The predicted molar refractivity (Wildman–Crippen MR) is 58.5 cm³/mol. The molecular weight excluding hydrogens is 174 g/mol. The number of rotatable bonds is 2. The highest BCUT2D eigenvalue weighted by Crippen LogP contribution is 2.28. The first-order chi connectivity index (χ1) is 6.38. The Morgan fingerprint density at radius 3 is 2.21 bits per heavy atom. The molecule has 0 aliphatic rings. The van der Waals surface area contributed by atoms with E-state index in [1.807, 2.05) is 4.68 Å². The molecule has 1 aromatic rings. The van der Waals surface area contributed by atoms with Gasteiger partial charge in [0, 0.05) is 12.0 Å². The van der Waals surface area contributed by atoms with Crippen LogP contribution < -0.4 is 0 Å². The fourth-order valence-electron chi connectivity index (χ4n) is 1.71. The van der Waals surface area contributed by atoms with Gasteiger partial charge in [-0.1, -0.05) is 39.8 Å². The van der Waals surface area contributed by atoms with Crippen LogP contribution in [0.4, 0.5) is 0 Å². The summed E-state index contributed by atoms with van der Waals surface area (Å²) in [6.45, 7) is 14.0. The van der Waals surface area contributed by atoms with E-state index in [9.17, 15) is 0 Å². The predicted octanol–water partition coefficient (Wildman–Crippen LogP) is 2.72. The van der Waals surface area contributed by atoms with Gasteiger partial charge in [-0.25, -0.2) is 4.68 Å². The maximum absolute atomic E-state index is 4.27. The number of aryl methyl sites for hydroxylation is 1. The Morgan fingerprint density at radius 2 is 1.86 bits per heavy atom. The Hall–Kier alpha value is -0.860. The molecule has 0 N–H and O–H groups in total. The van der Waals surface area contributed by atoms with Crippen LogP contribution in [0.15, 0.2) is 0 Å². The zero-order chi connectivity index (χ0) is 10.9. The van der Waals surface area contributed by atoms with Crippen LogP contribution in [0.1, 0.15) is 58.8 Å². The maximum Gasteiger partial charge on any atom is 0.0889 e. The summed E-state index contributed by atoms with van der Waals surface area (Å²) in [5.41, 5.74) is 2.54. The average molecular weight is 195 g/mol. The SMILES string of the molecule is CCn1nnc(C(C)C)c1C(C)(C)C. The lowest BCUT2D eigenvalue weighted by atomic mass is 9.88. The lowest BCUT2D eigenvalue weighted by Crippen LogP contribution is -2.20. The van der Waals surface area contributed by atoms with Crippen molar-refractivity contribution < 1.29 is 0 Å². The largest absolute Gasteiger partial charge is 0.249 e. The lowest BCUT2D eigenvalue weighted by molar-refractivity contribution is 0.488. The Bertz CT molecular complexity index is 305. The van der Waals surface area contributed by atoms with E-state index in [4.69, 9.17) is 0 Å². The smallest absolute Gasteiger partial charge is 0.0889 e. The van der Waals surface area contributed by atoms with Crippen molar-refractivity contribution in [1.82, 2.24) is 15.0 Å². The molecule has 1 heterocycles. The Labute approximate surface area is 86.5 Å². The van der Waals surface area contributed by atoms with Gasteiger partial charge in [0.05, 0.1) is 11.4 Å². The van der Waals surface area contributed by atoms with Crippen LogP contribution >= 0.6 is 0 Å². The fraction of sp³-hybridized carbons (Fsp3) is 0.818. The topological polar surface area (TPSA) is 30.7 Å². The van der Waals surface area contributed by atoms with E-state index in [0.29, 0.717) is 5.92 Å². The molecule has 3 nitrogen and oxygen atoms in total. The summed E-state index contributed by atoms with van der Waals surface area (Å²) in [5.74, 6) is 0.449. The fourth-order valence-corrected chi connectivity index (χ4v) is 1.71. The van der Waals surface area contributed by atoms with Gasteiger partial charge >= 0.3 is 0 Å². The molecule has 0 fully saturated rings. The van der Waals surface area contributed by atoms with Crippen molar-refractivity contribution in [1.29, 1.82) is 0 Å². The lowest BCUT2D eigenvalue weighted by Gasteiger charge is -2.21. The van der Waals surface area contributed by atoms with E-state index in [1.165, 1.54) is 5.69 Å². The molecule has 0 unspecified atom stereocenters. The minimum absolute atomic E-state index is 0.124. The molecule has 0 bridgehead atoms. The van der Waals surface area contributed by atoms with E-state index in [0.717, 1.165) is 12.2 Å². The molecular formula is C11H21N3. The van der Waals surface area contributed by atoms with Gasteiger partial charge in [0.1, 0.15) is 0 Å². The van der Waals surface area contributed by atoms with E-state index in [2.05, 4.69) is 51.9 Å². The minimum atomic E-state index is 0.124. The van der Waals surface area contributed by atoms with Crippen molar-refractivity contribution in [3.63, 3.8) is 0 Å². The van der Waals surface area contributed by atoms with Gasteiger partial charge in [-0.05, 0) is 12.8 Å². The van der Waals surface area contributed by atoms with Crippen molar-refractivity contribution >= 4 is 0 Å². The Morgan fingerprint density at radius 1 is 1.29 bits per heavy atom. The van der Waals surface area contributed by atoms with Gasteiger partial charge in [0.2, 0.25) is 0 Å². The summed E-state index contributed by atoms with van der Waals surface area (Å²) >= 11 is 0. The van der Waals surface area contributed by atoms with E-state index in [1.54, 1.807) is 0 Å². The summed E-state index contributed by atoms with van der Waals surface area (Å²) in [7, 11) is 0. The molecule has 14 heavy (non-hydrogen) atoms. The first-order valence-corrected chi connectivity index (χ1v) is 5.31. The van der Waals surface area contributed by atoms with Crippen LogP contribution in [0.5, 0.6) is 0 Å². The molecule has 0 spiro atoms. The van der Waals surface area contributed by atoms with Crippen LogP contribution in [0.25, 0.3) is 0 Å². The van der Waals surface area contributed by atoms with Crippen LogP contribution in [-0.4, -0.2) is 15.0 Å². The second-order valence-electron chi connectivity index (χ2n) is 5.04. The first-order valence-electron chi connectivity index (χ1n) is 5.31. The first kappa shape index (κ1) is 11.2. The highest BCUT2D eigenvalue weighted by atomic mass is 15.4. The third-order valence-electron chi connectivity index (χ3n) is 2.32. The Balaban J connectivity index is 3.27. The summed E-state index contributed by atoms with van der Waals surface area (Å²) < 4.78 is 2.01. The van der Waals surface area contributed by atoms with E-state index in [-0.39, 0.29) is 5.41 Å². The molecule has 0 amide bonds. The van der Waals surface area contributed by atoms with Crippen molar-refractivity contribution in [2.75, 3.05) is 0 Å². The van der Waals surface area contributed by atoms with Crippen LogP contribution in [0, 0.1) is 0 Å². The van der Waals surface area contributed by atoms with Crippen LogP contribution in [-0.2, 0) is 12.0 Å². The Kier molecular flexibility index (Phi) is 2.98. The van der Waals surface area contributed by atoms with Gasteiger partial charge in [0.15, 0.2) is 0 Å². The molecule has 1 aromatic heterocycles. The third kappa shape index (κ3) is 1.97. The maximum atomic E-state index is 4.27. The molecule has 80 valence electrons. The highest BCUT2D eigenvalue weighted by molar-refractivity contribution is 5.21. The van der Waals surface area contributed by atoms with E-state index >= 15 is 0 Å². The molecule has 0 aliphatic carbocycles. The molecule has 0 aliphatic heterocycles. The van der Waals surface area contributed by atoms with Gasteiger partial charge in [-0.2, -0.15) is 0 Å². The minimum Gasteiger partial charge on any atom is -0.249 e. The highest BCUT2D eigenvalue weighted by Gasteiger charge is 2.25. The molecule has 1 rings (SSSR count). The van der Waals surface area contributed by atoms with Gasteiger partial charge in [-0.15, -0.1) is 5.10 Å². The molecule has 0 saturated heterocycles. The monoisotopic (exact) mass is 195 g/mol. The zero-order valence-electron chi connectivity index (χ0n) is 10.1. The normalized spacial score (nSPS) is 12.5. The standard InChI is InChI=1S/C11H21N3/c1-7-14-10(11(4,5)6)9(8(2)3)12-13-14/h8H,7H2,1-6H3. The number of hydrogen-bond donors (Lipinski definition) is 0. The van der Waals surface area contributed by atoms with Crippen molar-refractivity contribution in [2.45, 2.75) is 59.4 Å². The second kappa shape index (κ2) is 3.71. The van der Waals surface area contributed by atoms with Crippen molar-refractivity contribution in [3.05, 3.63) is 11.4 Å². The van der Waals surface area contributed by atoms with Gasteiger partial charge in [0.25, 0.3) is 0 Å². The summed E-state index contributed by atoms with van der Waals surface area (Å²) in [4.78, 5) is 0. The summed E-state index contributed by atoms with van der Waals surface area (Å²) in [6.07, 6.45) is 0. The van der Waals surface area contributed by atoms with Crippen molar-refractivity contribution in [2.24, 2.45) is 0 Å². The van der Waals surface area contributed by atoms with E-state index < -0.39 is 0 Å². The summed E-state index contributed by atoms with van der Waals surface area (Å²) in [5, 5.41) is 8.45. The molecule has 0 atom stereocenters.